The van der Waals surface area contributed by atoms with E-state index in [1.165, 1.54) is 9.13 Å². The maximum atomic E-state index is 12.8. The maximum absolute atomic E-state index is 12.8. The van der Waals surface area contributed by atoms with Crippen molar-refractivity contribution < 1.29 is 14.2 Å². The van der Waals surface area contributed by atoms with Crippen molar-refractivity contribution in [1.29, 1.82) is 0 Å². The van der Waals surface area contributed by atoms with Crippen LogP contribution in [-0.4, -0.2) is 32.9 Å². The molecule has 2 aromatic heterocycles. The molecule has 1 aliphatic rings. The quantitative estimate of drug-likeness (QED) is 0.586. The Morgan fingerprint density at radius 2 is 1.72 bits per heavy atom. The Hall–Kier alpha value is -3.07. The second-order valence-corrected chi connectivity index (χ2v) is 6.87. The molecule has 29 heavy (non-hydrogen) atoms. The first-order chi connectivity index (χ1) is 14.0. The molecule has 0 bridgehead atoms. The number of rotatable bonds is 6. The van der Waals surface area contributed by atoms with Crippen molar-refractivity contribution in [2.45, 2.75) is 39.1 Å². The smallest absolute Gasteiger partial charge is 0.332 e. The third-order valence-electron chi connectivity index (χ3n) is 5.39. The average molecular weight is 400 g/mol. The van der Waals surface area contributed by atoms with Gasteiger partial charge in [0.1, 0.15) is 18.0 Å². The third-order valence-corrected chi connectivity index (χ3v) is 5.39. The number of methoxy groups -OCH3 is 2. The van der Waals surface area contributed by atoms with E-state index in [2.05, 4.69) is 4.98 Å². The average Bonchev–Trinajstić information content (AvgIpc) is 3.44. The standard InChI is InChI=1S/C20H24N4O5/c1-6-23-17-14(19(25)24(7-2)20(23)26)22(3)18(21-17)16-15(29-16)11-8-9-12(27-4)13(10-11)28-5/h8-10,15-16H,6-7H2,1-5H3. The van der Waals surface area contributed by atoms with Gasteiger partial charge in [-0.3, -0.25) is 13.9 Å². The fraction of sp³-hybridized carbons (Fsp3) is 0.450. The summed E-state index contributed by atoms with van der Waals surface area (Å²) in [7, 11) is 4.95. The molecule has 4 rings (SSSR count). The van der Waals surface area contributed by atoms with Crippen LogP contribution in [0.1, 0.15) is 37.4 Å². The molecule has 1 fully saturated rings. The molecule has 9 nitrogen and oxygen atoms in total. The Morgan fingerprint density at radius 1 is 1.03 bits per heavy atom. The number of epoxide rings is 1. The summed E-state index contributed by atoms with van der Waals surface area (Å²) in [5.41, 5.74) is 1.06. The normalized spacial score (nSPS) is 18.2. The lowest BCUT2D eigenvalue weighted by atomic mass is 10.1. The third kappa shape index (κ3) is 2.84. The molecule has 0 spiro atoms. The summed E-state index contributed by atoms with van der Waals surface area (Å²) in [6.07, 6.45) is -0.513. The van der Waals surface area contributed by atoms with E-state index in [0.717, 1.165) is 5.56 Å². The van der Waals surface area contributed by atoms with Crippen LogP contribution in [0.5, 0.6) is 11.5 Å². The molecule has 0 aliphatic carbocycles. The van der Waals surface area contributed by atoms with E-state index in [4.69, 9.17) is 14.2 Å². The van der Waals surface area contributed by atoms with Gasteiger partial charge in [-0.15, -0.1) is 0 Å². The topological polar surface area (TPSA) is 92.8 Å². The lowest BCUT2D eigenvalue weighted by Gasteiger charge is -2.08. The molecule has 2 unspecified atom stereocenters. The molecular weight excluding hydrogens is 376 g/mol. The lowest BCUT2D eigenvalue weighted by Crippen LogP contribution is -2.39. The van der Waals surface area contributed by atoms with Crippen LogP contribution in [-0.2, 0) is 24.9 Å². The molecule has 9 heteroatoms. The largest absolute Gasteiger partial charge is 0.493 e. The fourth-order valence-electron chi connectivity index (χ4n) is 3.79. The van der Waals surface area contributed by atoms with Gasteiger partial charge in [0.15, 0.2) is 22.7 Å². The first-order valence-corrected chi connectivity index (χ1v) is 9.54. The van der Waals surface area contributed by atoms with Crippen molar-refractivity contribution in [2.24, 2.45) is 7.05 Å². The molecular formula is C20H24N4O5. The van der Waals surface area contributed by atoms with Gasteiger partial charge in [0.2, 0.25) is 0 Å². The highest BCUT2D eigenvalue weighted by Gasteiger charge is 2.45. The van der Waals surface area contributed by atoms with Gasteiger partial charge in [0, 0.05) is 20.1 Å². The summed E-state index contributed by atoms with van der Waals surface area (Å²) in [6.45, 7) is 4.38. The number of benzene rings is 1. The highest BCUT2D eigenvalue weighted by Crippen LogP contribution is 2.51. The first kappa shape index (κ1) is 19.3. The first-order valence-electron chi connectivity index (χ1n) is 9.54. The minimum Gasteiger partial charge on any atom is -0.493 e. The highest BCUT2D eigenvalue weighted by atomic mass is 16.6. The van der Waals surface area contributed by atoms with Gasteiger partial charge in [0.25, 0.3) is 5.56 Å². The molecule has 2 atom stereocenters. The minimum absolute atomic E-state index is 0.208. The zero-order valence-corrected chi connectivity index (χ0v) is 17.1. The molecule has 0 saturated carbocycles. The predicted octanol–water partition coefficient (Wildman–Crippen LogP) is 1.77. The molecule has 3 heterocycles. The van der Waals surface area contributed by atoms with E-state index < -0.39 is 0 Å². The second kappa shape index (κ2) is 7.07. The van der Waals surface area contributed by atoms with Crippen LogP contribution < -0.4 is 20.7 Å². The van der Waals surface area contributed by atoms with Crippen molar-refractivity contribution in [3.05, 3.63) is 50.4 Å². The number of ether oxygens (including phenoxy) is 3. The summed E-state index contributed by atoms with van der Waals surface area (Å²) < 4.78 is 21.0. The van der Waals surface area contributed by atoms with Crippen molar-refractivity contribution >= 4 is 11.2 Å². The highest BCUT2D eigenvalue weighted by molar-refractivity contribution is 5.71. The van der Waals surface area contributed by atoms with Crippen LogP contribution in [0.4, 0.5) is 0 Å². The monoisotopic (exact) mass is 400 g/mol. The van der Waals surface area contributed by atoms with E-state index in [9.17, 15) is 9.59 Å². The number of aromatic nitrogens is 4. The zero-order valence-electron chi connectivity index (χ0n) is 17.1. The summed E-state index contributed by atoms with van der Waals surface area (Å²) >= 11 is 0. The fourth-order valence-corrected chi connectivity index (χ4v) is 3.79. The van der Waals surface area contributed by atoms with Crippen molar-refractivity contribution in [2.75, 3.05) is 14.2 Å². The zero-order chi connectivity index (χ0) is 20.9. The number of fused-ring (bicyclic) bond motifs is 1. The number of nitrogens with zero attached hydrogens (tertiary/aromatic N) is 4. The Morgan fingerprint density at radius 3 is 2.34 bits per heavy atom. The molecule has 0 N–H and O–H groups in total. The molecule has 3 aromatic rings. The molecule has 154 valence electrons. The van der Waals surface area contributed by atoms with Crippen LogP contribution in [0.2, 0.25) is 0 Å². The number of hydrogen-bond donors (Lipinski definition) is 0. The number of hydrogen-bond acceptors (Lipinski definition) is 6. The van der Waals surface area contributed by atoms with Crippen LogP contribution in [0.15, 0.2) is 27.8 Å². The van der Waals surface area contributed by atoms with Crippen molar-refractivity contribution in [3.8, 4) is 11.5 Å². The van der Waals surface area contributed by atoms with Crippen molar-refractivity contribution in [3.63, 3.8) is 0 Å². The van der Waals surface area contributed by atoms with E-state index in [0.29, 0.717) is 41.6 Å². The predicted molar refractivity (Wildman–Crippen MR) is 107 cm³/mol. The van der Waals surface area contributed by atoms with E-state index in [1.807, 2.05) is 25.1 Å². The van der Waals surface area contributed by atoms with E-state index in [1.54, 1.807) is 32.8 Å². The van der Waals surface area contributed by atoms with Gasteiger partial charge < -0.3 is 18.8 Å². The van der Waals surface area contributed by atoms with E-state index >= 15 is 0 Å². The maximum Gasteiger partial charge on any atom is 0.332 e. The number of aryl methyl sites for hydroxylation is 2. The van der Waals surface area contributed by atoms with Gasteiger partial charge in [-0.1, -0.05) is 6.07 Å². The Kier molecular flexibility index (Phi) is 4.70. The molecule has 1 aliphatic heterocycles. The van der Waals surface area contributed by atoms with Gasteiger partial charge in [-0.05, 0) is 31.5 Å². The molecule has 0 radical (unpaired) electrons. The summed E-state index contributed by atoms with van der Waals surface area (Å²) in [5, 5.41) is 0. The van der Waals surface area contributed by atoms with Gasteiger partial charge in [-0.2, -0.15) is 0 Å². The molecule has 1 saturated heterocycles. The van der Waals surface area contributed by atoms with Gasteiger partial charge in [0.05, 0.1) is 14.2 Å². The molecule has 0 amide bonds. The Labute approximate surface area is 167 Å². The van der Waals surface area contributed by atoms with Crippen LogP contribution in [0, 0.1) is 0 Å². The van der Waals surface area contributed by atoms with E-state index in [-0.39, 0.29) is 23.5 Å². The van der Waals surface area contributed by atoms with Crippen LogP contribution in [0.25, 0.3) is 11.2 Å². The summed E-state index contributed by atoms with van der Waals surface area (Å²) in [5.74, 6) is 1.88. The Balaban J connectivity index is 1.79. The molecule has 1 aromatic carbocycles. The summed E-state index contributed by atoms with van der Waals surface area (Å²) in [4.78, 5) is 30.1. The number of imidazole rings is 1. The van der Waals surface area contributed by atoms with Crippen LogP contribution >= 0.6 is 0 Å². The van der Waals surface area contributed by atoms with Crippen LogP contribution in [0.3, 0.4) is 0 Å². The van der Waals surface area contributed by atoms with Gasteiger partial charge in [-0.25, -0.2) is 9.78 Å². The lowest BCUT2D eigenvalue weighted by molar-refractivity contribution is 0.351. The summed E-state index contributed by atoms with van der Waals surface area (Å²) in [6, 6.07) is 5.62. The van der Waals surface area contributed by atoms with Crippen molar-refractivity contribution in [1.82, 2.24) is 18.7 Å². The second-order valence-electron chi connectivity index (χ2n) is 6.87. The minimum atomic E-state index is -0.342. The van der Waals surface area contributed by atoms with Gasteiger partial charge >= 0.3 is 5.69 Å². The Bertz CT molecular complexity index is 1210. The SMILES string of the molecule is CCn1c(=O)c2c(nc(C3OC3c3ccc(OC)c(OC)c3)n2C)n(CC)c1=O.